The molecule has 22 heavy (non-hydrogen) atoms. The number of benzene rings is 2. The van der Waals surface area contributed by atoms with Crippen molar-refractivity contribution in [2.45, 2.75) is 6.92 Å². The fourth-order valence-corrected chi connectivity index (χ4v) is 3.24. The van der Waals surface area contributed by atoms with Gasteiger partial charge in [-0.3, -0.25) is 0 Å². The predicted molar refractivity (Wildman–Crippen MR) is 91.3 cm³/mol. The Morgan fingerprint density at radius 2 is 2.00 bits per heavy atom. The third-order valence-corrected chi connectivity index (χ3v) is 4.50. The summed E-state index contributed by atoms with van der Waals surface area (Å²) in [5, 5.41) is 6.23. The largest absolute Gasteiger partial charge is 0.375 e. The zero-order chi connectivity index (χ0) is 15.1. The molecule has 0 atom stereocenters. The molecule has 0 aliphatic heterocycles. The van der Waals surface area contributed by atoms with Gasteiger partial charge in [0.05, 0.1) is 22.3 Å². The van der Waals surface area contributed by atoms with Gasteiger partial charge in [0.25, 0.3) is 0 Å². The summed E-state index contributed by atoms with van der Waals surface area (Å²) in [5.41, 5.74) is 10.2. The number of rotatable bonds is 2. The van der Waals surface area contributed by atoms with Gasteiger partial charge in [-0.15, -0.1) is 0 Å². The summed E-state index contributed by atoms with van der Waals surface area (Å²) < 4.78 is 1.97. The second kappa shape index (κ2) is 4.96. The van der Waals surface area contributed by atoms with E-state index in [0.717, 1.165) is 27.0 Å². The first kappa shape index (κ1) is 13.0. The molecule has 0 amide bonds. The molecule has 0 fully saturated rings. The molecule has 108 valence electrons. The van der Waals surface area contributed by atoms with E-state index in [0.29, 0.717) is 5.13 Å². The molecule has 4 rings (SSSR count). The molecule has 0 radical (unpaired) electrons. The van der Waals surface area contributed by atoms with E-state index in [4.69, 9.17) is 5.73 Å². The molecule has 0 saturated heterocycles. The average molecular weight is 306 g/mol. The maximum Gasteiger partial charge on any atom is 0.180 e. The summed E-state index contributed by atoms with van der Waals surface area (Å²) in [6.07, 6.45) is 3.71. The van der Waals surface area contributed by atoms with Crippen molar-refractivity contribution in [3.63, 3.8) is 0 Å². The SMILES string of the molecule is Cc1cccc(-n2ncc3ccc(-c4cnc(N)s4)cc32)c1. The summed E-state index contributed by atoms with van der Waals surface area (Å²) in [6.45, 7) is 2.08. The zero-order valence-electron chi connectivity index (χ0n) is 12.0. The van der Waals surface area contributed by atoms with Crippen molar-refractivity contribution in [1.82, 2.24) is 14.8 Å². The number of nitrogens with zero attached hydrogens (tertiary/aromatic N) is 3. The Kier molecular flexibility index (Phi) is 2.94. The summed E-state index contributed by atoms with van der Waals surface area (Å²) in [5.74, 6) is 0. The Bertz CT molecular complexity index is 968. The fraction of sp³-hybridized carbons (Fsp3) is 0.0588. The monoisotopic (exact) mass is 306 g/mol. The van der Waals surface area contributed by atoms with Crippen molar-refractivity contribution in [2.24, 2.45) is 0 Å². The van der Waals surface area contributed by atoms with Crippen LogP contribution in [0.2, 0.25) is 0 Å². The molecule has 2 heterocycles. The molecule has 5 heteroatoms. The van der Waals surface area contributed by atoms with Crippen LogP contribution in [-0.2, 0) is 0 Å². The highest BCUT2D eigenvalue weighted by Gasteiger charge is 2.08. The second-order valence-corrected chi connectivity index (χ2v) is 6.29. The Morgan fingerprint density at radius 1 is 1.09 bits per heavy atom. The number of hydrogen-bond donors (Lipinski definition) is 1. The number of fused-ring (bicyclic) bond motifs is 1. The Morgan fingerprint density at radius 3 is 2.77 bits per heavy atom. The third-order valence-electron chi connectivity index (χ3n) is 3.63. The number of aromatic nitrogens is 3. The molecule has 2 aromatic heterocycles. The lowest BCUT2D eigenvalue weighted by molar-refractivity contribution is 0.909. The van der Waals surface area contributed by atoms with E-state index in [1.807, 2.05) is 23.1 Å². The first-order valence-electron chi connectivity index (χ1n) is 6.97. The van der Waals surface area contributed by atoms with E-state index in [9.17, 15) is 0 Å². The third kappa shape index (κ3) is 2.16. The molecule has 4 nitrogen and oxygen atoms in total. The van der Waals surface area contributed by atoms with Gasteiger partial charge in [-0.05, 0) is 36.2 Å². The van der Waals surface area contributed by atoms with E-state index in [-0.39, 0.29) is 0 Å². The molecule has 0 spiro atoms. The van der Waals surface area contributed by atoms with Gasteiger partial charge in [0.15, 0.2) is 5.13 Å². The van der Waals surface area contributed by atoms with E-state index >= 15 is 0 Å². The maximum atomic E-state index is 5.74. The molecule has 2 aromatic carbocycles. The zero-order valence-corrected chi connectivity index (χ0v) is 12.8. The van der Waals surface area contributed by atoms with Crippen LogP contribution in [0, 0.1) is 6.92 Å². The molecule has 4 aromatic rings. The van der Waals surface area contributed by atoms with Crippen LogP contribution in [0.25, 0.3) is 27.0 Å². The number of aryl methyl sites for hydroxylation is 1. The number of nitrogen functional groups attached to an aromatic ring is 1. The normalized spacial score (nSPS) is 11.1. The van der Waals surface area contributed by atoms with Crippen LogP contribution in [0.4, 0.5) is 5.13 Å². The molecule has 0 aliphatic carbocycles. The van der Waals surface area contributed by atoms with Gasteiger partial charge < -0.3 is 5.73 Å². The summed E-state index contributed by atoms with van der Waals surface area (Å²) in [4.78, 5) is 5.19. The Labute approximate surface area is 131 Å². The second-order valence-electron chi connectivity index (χ2n) is 5.23. The van der Waals surface area contributed by atoms with Crippen LogP contribution < -0.4 is 5.73 Å². The molecule has 0 saturated carbocycles. The minimum Gasteiger partial charge on any atom is -0.375 e. The van der Waals surface area contributed by atoms with Gasteiger partial charge >= 0.3 is 0 Å². The number of nitrogens with two attached hydrogens (primary N) is 1. The van der Waals surface area contributed by atoms with Crippen molar-refractivity contribution in [1.29, 1.82) is 0 Å². The quantitative estimate of drug-likeness (QED) is 0.608. The molecular weight excluding hydrogens is 292 g/mol. The van der Waals surface area contributed by atoms with Crippen molar-refractivity contribution in [3.8, 4) is 16.1 Å². The van der Waals surface area contributed by atoms with Gasteiger partial charge in [-0.25, -0.2) is 9.67 Å². The van der Waals surface area contributed by atoms with Gasteiger partial charge in [0, 0.05) is 11.6 Å². The van der Waals surface area contributed by atoms with Crippen molar-refractivity contribution in [2.75, 3.05) is 5.73 Å². The lowest BCUT2D eigenvalue weighted by Crippen LogP contribution is -1.96. The van der Waals surface area contributed by atoms with Crippen LogP contribution in [0.1, 0.15) is 5.56 Å². The van der Waals surface area contributed by atoms with Gasteiger partial charge in [0.1, 0.15) is 0 Å². The average Bonchev–Trinajstić information content (AvgIpc) is 3.12. The lowest BCUT2D eigenvalue weighted by Gasteiger charge is -2.05. The fourth-order valence-electron chi connectivity index (χ4n) is 2.56. The summed E-state index contributed by atoms with van der Waals surface area (Å²) in [6, 6.07) is 14.6. The van der Waals surface area contributed by atoms with E-state index in [2.05, 4.69) is 53.4 Å². The highest BCUT2D eigenvalue weighted by Crippen LogP contribution is 2.30. The number of anilines is 1. The highest BCUT2D eigenvalue weighted by molar-refractivity contribution is 7.18. The molecule has 0 unspecified atom stereocenters. The van der Waals surface area contributed by atoms with Crippen LogP contribution in [-0.4, -0.2) is 14.8 Å². The van der Waals surface area contributed by atoms with Crippen LogP contribution >= 0.6 is 11.3 Å². The first-order valence-corrected chi connectivity index (χ1v) is 7.79. The summed E-state index contributed by atoms with van der Waals surface area (Å²) >= 11 is 1.49. The van der Waals surface area contributed by atoms with E-state index in [1.165, 1.54) is 16.9 Å². The van der Waals surface area contributed by atoms with Gasteiger partial charge in [0.2, 0.25) is 0 Å². The first-order chi connectivity index (χ1) is 10.7. The Balaban J connectivity index is 1.90. The van der Waals surface area contributed by atoms with Gasteiger partial charge in [-0.2, -0.15) is 5.10 Å². The molecule has 0 bridgehead atoms. The minimum atomic E-state index is 0.585. The predicted octanol–water partition coefficient (Wildman–Crippen LogP) is 4.04. The van der Waals surface area contributed by atoms with Crippen LogP contribution in [0.5, 0.6) is 0 Å². The minimum absolute atomic E-state index is 0.585. The highest BCUT2D eigenvalue weighted by atomic mass is 32.1. The van der Waals surface area contributed by atoms with Crippen molar-refractivity contribution in [3.05, 3.63) is 60.4 Å². The van der Waals surface area contributed by atoms with Crippen LogP contribution in [0.3, 0.4) is 0 Å². The van der Waals surface area contributed by atoms with Crippen molar-refractivity contribution >= 4 is 27.4 Å². The number of hydrogen-bond acceptors (Lipinski definition) is 4. The van der Waals surface area contributed by atoms with E-state index in [1.54, 1.807) is 0 Å². The topological polar surface area (TPSA) is 56.7 Å². The van der Waals surface area contributed by atoms with E-state index < -0.39 is 0 Å². The molecule has 0 aliphatic rings. The summed E-state index contributed by atoms with van der Waals surface area (Å²) in [7, 11) is 0. The molecular formula is C17H14N4S. The lowest BCUT2D eigenvalue weighted by atomic mass is 10.1. The maximum absolute atomic E-state index is 5.74. The smallest absolute Gasteiger partial charge is 0.180 e. The van der Waals surface area contributed by atoms with Crippen LogP contribution in [0.15, 0.2) is 54.9 Å². The van der Waals surface area contributed by atoms with Gasteiger partial charge in [-0.1, -0.05) is 35.6 Å². The number of thiazole rings is 1. The van der Waals surface area contributed by atoms with Crippen molar-refractivity contribution < 1.29 is 0 Å². The Hall–Kier alpha value is -2.66. The molecule has 2 N–H and O–H groups in total. The standard InChI is InChI=1S/C17H14N4S/c1-11-3-2-4-14(7-11)21-15-8-12(5-6-13(15)9-20-21)16-10-19-17(18)22-16/h2-10H,1H3,(H2,18,19).